The molecule has 0 spiro atoms. The molecule has 0 aliphatic carbocycles. The number of alkyl halides is 2. The Morgan fingerprint density at radius 3 is 2.11 bits per heavy atom. The van der Waals surface area contributed by atoms with Gasteiger partial charge in [-0.05, 0) is 48.0 Å². The number of rotatable bonds is 9. The van der Waals surface area contributed by atoms with E-state index in [4.69, 9.17) is 4.42 Å². The van der Waals surface area contributed by atoms with Crippen LogP contribution in [0.4, 0.5) is 8.78 Å². The molecule has 0 fully saturated rings. The van der Waals surface area contributed by atoms with Crippen LogP contribution in [-0.2, 0) is 19.6 Å². The van der Waals surface area contributed by atoms with Crippen molar-refractivity contribution >= 4 is 0 Å². The summed E-state index contributed by atoms with van der Waals surface area (Å²) in [7, 11) is 2.09. The van der Waals surface area contributed by atoms with Gasteiger partial charge in [0.15, 0.2) is 0 Å². The smallest absolute Gasteiger partial charge is 0.314 e. The summed E-state index contributed by atoms with van der Waals surface area (Å²) < 4.78 is 32.1. The number of pyridine rings is 1. The topological polar surface area (TPSA) is 85.8 Å². The summed E-state index contributed by atoms with van der Waals surface area (Å²) in [6.45, 7) is 2.20. The van der Waals surface area contributed by atoms with E-state index < -0.39 is 12.3 Å². The number of halogens is 2. The van der Waals surface area contributed by atoms with Gasteiger partial charge in [-0.1, -0.05) is 41.6 Å². The highest BCUT2D eigenvalue weighted by atomic mass is 19.3. The van der Waals surface area contributed by atoms with Crippen LogP contribution in [0.15, 0.2) is 83.7 Å². The lowest BCUT2D eigenvalue weighted by atomic mass is 10.1. The Morgan fingerprint density at radius 1 is 0.806 bits per heavy atom. The predicted octanol–water partition coefficient (Wildman–Crippen LogP) is 5.01. The zero-order chi connectivity index (χ0) is 24.9. The van der Waals surface area contributed by atoms with Crippen LogP contribution >= 0.6 is 0 Å². The van der Waals surface area contributed by atoms with Crippen LogP contribution in [0.1, 0.15) is 29.0 Å². The summed E-state index contributed by atoms with van der Waals surface area (Å²) in [5, 5.41) is 15.6. The Balaban J connectivity index is 1.19. The summed E-state index contributed by atoms with van der Waals surface area (Å²) in [5.41, 5.74) is 5.76. The molecule has 36 heavy (non-hydrogen) atoms. The third-order valence-electron chi connectivity index (χ3n) is 5.62. The molecule has 3 heterocycles. The molecule has 10 heteroatoms. The van der Waals surface area contributed by atoms with Crippen LogP contribution in [0.3, 0.4) is 0 Å². The third kappa shape index (κ3) is 5.66. The maximum Gasteiger partial charge on any atom is 0.314 e. The predicted molar refractivity (Wildman–Crippen MR) is 129 cm³/mol. The van der Waals surface area contributed by atoms with Gasteiger partial charge in [-0.15, -0.1) is 15.3 Å². The molecule has 0 unspecified atom stereocenters. The van der Waals surface area contributed by atoms with Gasteiger partial charge in [0.1, 0.15) is 5.69 Å². The quantitative estimate of drug-likeness (QED) is 0.289. The molecular formula is C26H23F2N7O. The standard InChI is InChI=1S/C26H23F2N7O/c1-34(15-20-10-12-29-13-11-20)14-18-2-6-21(7-3-18)23-17-35(33-30-23)16-19-4-8-22(9-5-19)25-31-32-26(36-25)24(27)28/h2-13,17,24H,14-16H2,1H3. The Morgan fingerprint density at radius 2 is 1.44 bits per heavy atom. The first-order valence-corrected chi connectivity index (χ1v) is 11.3. The lowest BCUT2D eigenvalue weighted by Crippen LogP contribution is -2.17. The van der Waals surface area contributed by atoms with Gasteiger partial charge in [0.25, 0.3) is 5.89 Å². The first kappa shape index (κ1) is 23.4. The molecule has 0 atom stereocenters. The highest BCUT2D eigenvalue weighted by molar-refractivity contribution is 5.58. The number of hydrogen-bond donors (Lipinski definition) is 0. The normalized spacial score (nSPS) is 11.5. The fraction of sp³-hybridized carbons (Fsp3) is 0.192. The van der Waals surface area contributed by atoms with Crippen LogP contribution in [0.2, 0.25) is 0 Å². The van der Waals surface area contributed by atoms with Crippen molar-refractivity contribution in [1.82, 2.24) is 35.1 Å². The molecule has 8 nitrogen and oxygen atoms in total. The van der Waals surface area contributed by atoms with Crippen LogP contribution in [0.25, 0.3) is 22.7 Å². The zero-order valence-electron chi connectivity index (χ0n) is 19.5. The first-order chi connectivity index (χ1) is 17.5. The Labute approximate surface area is 206 Å². The van der Waals surface area contributed by atoms with E-state index in [1.54, 1.807) is 16.8 Å². The van der Waals surface area contributed by atoms with E-state index in [1.165, 1.54) is 11.1 Å². The minimum Gasteiger partial charge on any atom is -0.415 e. The van der Waals surface area contributed by atoms with E-state index >= 15 is 0 Å². The average Bonchev–Trinajstić information content (AvgIpc) is 3.56. The van der Waals surface area contributed by atoms with Crippen molar-refractivity contribution in [3.05, 3.63) is 102 Å². The van der Waals surface area contributed by atoms with Gasteiger partial charge in [0.05, 0.1) is 12.7 Å². The van der Waals surface area contributed by atoms with Crippen molar-refractivity contribution in [3.63, 3.8) is 0 Å². The average molecular weight is 488 g/mol. The summed E-state index contributed by atoms with van der Waals surface area (Å²) in [4.78, 5) is 6.31. The fourth-order valence-corrected chi connectivity index (χ4v) is 3.84. The molecule has 3 aromatic heterocycles. The summed E-state index contributed by atoms with van der Waals surface area (Å²) >= 11 is 0. The van der Waals surface area contributed by atoms with Gasteiger partial charge < -0.3 is 4.42 Å². The molecule has 0 aliphatic heterocycles. The number of benzene rings is 2. The number of nitrogens with zero attached hydrogens (tertiary/aromatic N) is 7. The van der Waals surface area contributed by atoms with Crippen molar-refractivity contribution in [1.29, 1.82) is 0 Å². The van der Waals surface area contributed by atoms with E-state index in [2.05, 4.69) is 61.7 Å². The van der Waals surface area contributed by atoms with Crippen LogP contribution in [0.5, 0.6) is 0 Å². The molecule has 5 rings (SSSR count). The van der Waals surface area contributed by atoms with Crippen molar-refractivity contribution in [2.24, 2.45) is 0 Å². The molecule has 0 saturated carbocycles. The molecular weight excluding hydrogens is 464 g/mol. The third-order valence-corrected chi connectivity index (χ3v) is 5.62. The van der Waals surface area contributed by atoms with E-state index in [9.17, 15) is 8.78 Å². The fourth-order valence-electron chi connectivity index (χ4n) is 3.84. The molecule has 2 aromatic carbocycles. The van der Waals surface area contributed by atoms with Crippen molar-refractivity contribution in [3.8, 4) is 22.7 Å². The van der Waals surface area contributed by atoms with Crippen molar-refractivity contribution < 1.29 is 13.2 Å². The SMILES string of the molecule is CN(Cc1ccncc1)Cc1ccc(-c2cn(Cc3ccc(-c4nnc(C(F)F)o4)cc3)nn2)cc1. The minimum atomic E-state index is -2.79. The minimum absolute atomic E-state index is 0.0619. The maximum atomic E-state index is 12.7. The van der Waals surface area contributed by atoms with E-state index in [0.717, 1.165) is 29.9 Å². The molecule has 0 aliphatic rings. The highest BCUT2D eigenvalue weighted by Crippen LogP contribution is 2.24. The second kappa shape index (κ2) is 10.5. The lowest BCUT2D eigenvalue weighted by Gasteiger charge is -2.16. The van der Waals surface area contributed by atoms with Gasteiger partial charge >= 0.3 is 6.43 Å². The second-order valence-electron chi connectivity index (χ2n) is 8.47. The Hall–Kier alpha value is -4.31. The maximum absolute atomic E-state index is 12.7. The number of hydrogen-bond acceptors (Lipinski definition) is 7. The van der Waals surface area contributed by atoms with E-state index in [-0.39, 0.29) is 5.89 Å². The molecule has 0 radical (unpaired) electrons. The summed E-state index contributed by atoms with van der Waals surface area (Å²) in [5.74, 6) is -0.624. The number of aromatic nitrogens is 6. The second-order valence-corrected chi connectivity index (χ2v) is 8.47. The van der Waals surface area contributed by atoms with Gasteiger partial charge in [0.2, 0.25) is 5.89 Å². The monoisotopic (exact) mass is 487 g/mol. The highest BCUT2D eigenvalue weighted by Gasteiger charge is 2.17. The van der Waals surface area contributed by atoms with Crippen LogP contribution in [0, 0.1) is 0 Å². The van der Waals surface area contributed by atoms with Crippen LogP contribution in [-0.4, -0.2) is 42.1 Å². The van der Waals surface area contributed by atoms with E-state index in [1.807, 2.05) is 42.9 Å². The molecule has 0 bridgehead atoms. The van der Waals surface area contributed by atoms with E-state index in [0.29, 0.717) is 12.1 Å². The molecule has 182 valence electrons. The first-order valence-electron chi connectivity index (χ1n) is 11.3. The van der Waals surface area contributed by atoms with Gasteiger partial charge in [-0.25, -0.2) is 4.68 Å². The molecule has 0 N–H and O–H groups in total. The lowest BCUT2D eigenvalue weighted by molar-refractivity contribution is 0.116. The molecule has 5 aromatic rings. The summed E-state index contributed by atoms with van der Waals surface area (Å²) in [6, 6.07) is 19.6. The van der Waals surface area contributed by atoms with Crippen molar-refractivity contribution in [2.75, 3.05) is 7.05 Å². The summed E-state index contributed by atoms with van der Waals surface area (Å²) in [6.07, 6.45) is 2.72. The Bertz CT molecular complexity index is 1400. The van der Waals surface area contributed by atoms with Crippen molar-refractivity contribution in [2.45, 2.75) is 26.1 Å². The molecule has 0 amide bonds. The van der Waals surface area contributed by atoms with Gasteiger partial charge in [-0.3, -0.25) is 9.88 Å². The largest absolute Gasteiger partial charge is 0.415 e. The molecule has 0 saturated heterocycles. The Kier molecular flexibility index (Phi) is 6.85. The van der Waals surface area contributed by atoms with Gasteiger partial charge in [-0.2, -0.15) is 8.78 Å². The van der Waals surface area contributed by atoms with Crippen LogP contribution < -0.4 is 0 Å². The van der Waals surface area contributed by atoms with Gasteiger partial charge in [0, 0.05) is 36.6 Å². The zero-order valence-corrected chi connectivity index (χ0v) is 19.5.